The Kier molecular flexibility index (Phi) is 7.03. The molecule has 0 saturated carbocycles. The van der Waals surface area contributed by atoms with Gasteiger partial charge in [-0.15, -0.1) is 0 Å². The number of para-hydroxylation sites is 2. The number of benzene rings is 2. The highest BCUT2D eigenvalue weighted by Gasteiger charge is 2.00. The Labute approximate surface area is 142 Å². The third-order valence-corrected chi connectivity index (χ3v) is 3.13. The molecule has 0 aliphatic rings. The molecular formula is C19H20N2O3. The molecule has 0 aliphatic carbocycles. The molecule has 0 aromatic heterocycles. The van der Waals surface area contributed by atoms with Crippen LogP contribution in [0, 0.1) is 11.8 Å². The van der Waals surface area contributed by atoms with Gasteiger partial charge >= 0.3 is 6.03 Å². The van der Waals surface area contributed by atoms with Crippen LogP contribution in [0.25, 0.3) is 0 Å². The lowest BCUT2D eigenvalue weighted by Crippen LogP contribution is -2.35. The summed E-state index contributed by atoms with van der Waals surface area (Å²) in [4.78, 5) is 11.6. The molecule has 2 N–H and O–H groups in total. The Hall–Kier alpha value is -3.13. The Morgan fingerprint density at radius 1 is 0.958 bits per heavy atom. The van der Waals surface area contributed by atoms with Crippen molar-refractivity contribution >= 4 is 6.03 Å². The number of carbonyl (C=O) groups is 1. The van der Waals surface area contributed by atoms with Crippen LogP contribution in [0.4, 0.5) is 4.79 Å². The van der Waals surface area contributed by atoms with Crippen LogP contribution in [0.5, 0.6) is 11.5 Å². The number of amides is 2. The van der Waals surface area contributed by atoms with Crippen molar-refractivity contribution in [2.75, 3.05) is 20.3 Å². The summed E-state index contributed by atoms with van der Waals surface area (Å²) in [6.07, 6.45) is 0. The first-order chi connectivity index (χ1) is 11.8. The molecule has 0 atom stereocenters. The number of rotatable bonds is 6. The van der Waals surface area contributed by atoms with E-state index in [4.69, 9.17) is 9.47 Å². The number of carbonyl (C=O) groups excluding carboxylic acids is 1. The third-order valence-electron chi connectivity index (χ3n) is 3.13. The maximum absolute atomic E-state index is 11.6. The maximum atomic E-state index is 11.6. The van der Waals surface area contributed by atoms with E-state index in [2.05, 4.69) is 22.5 Å². The summed E-state index contributed by atoms with van der Waals surface area (Å²) in [6, 6.07) is 16.8. The van der Waals surface area contributed by atoms with Crippen LogP contribution in [-0.2, 0) is 6.54 Å². The van der Waals surface area contributed by atoms with Gasteiger partial charge in [-0.3, -0.25) is 0 Å². The molecule has 0 unspecified atom stereocenters. The standard InChI is InChI=1S/C19H20N2O3/c1-23-17-11-5-6-12-18(17)24-14-8-7-13-20-19(22)21-15-16-9-3-2-4-10-16/h2-6,9-12H,13-15H2,1H3,(H2,20,21,22). The van der Waals surface area contributed by atoms with Gasteiger partial charge in [-0.05, 0) is 17.7 Å². The summed E-state index contributed by atoms with van der Waals surface area (Å²) in [7, 11) is 1.59. The first-order valence-corrected chi connectivity index (χ1v) is 7.57. The summed E-state index contributed by atoms with van der Waals surface area (Å²) in [5.74, 6) is 6.98. The van der Waals surface area contributed by atoms with Crippen LogP contribution in [0.2, 0.25) is 0 Å². The van der Waals surface area contributed by atoms with E-state index in [1.807, 2.05) is 54.6 Å². The lowest BCUT2D eigenvalue weighted by Gasteiger charge is -2.07. The largest absolute Gasteiger partial charge is 0.493 e. The molecule has 2 rings (SSSR count). The summed E-state index contributed by atoms with van der Waals surface area (Å²) in [5.41, 5.74) is 1.05. The minimum Gasteiger partial charge on any atom is -0.493 e. The van der Waals surface area contributed by atoms with Crippen LogP contribution >= 0.6 is 0 Å². The highest BCUT2D eigenvalue weighted by atomic mass is 16.5. The SMILES string of the molecule is COc1ccccc1OCC#CCNC(=O)NCc1ccccc1. The zero-order chi connectivity index (χ0) is 17.0. The zero-order valence-corrected chi connectivity index (χ0v) is 13.5. The van der Waals surface area contributed by atoms with E-state index in [9.17, 15) is 4.79 Å². The van der Waals surface area contributed by atoms with Gasteiger partial charge in [0.2, 0.25) is 0 Å². The smallest absolute Gasteiger partial charge is 0.315 e. The maximum Gasteiger partial charge on any atom is 0.315 e. The number of methoxy groups -OCH3 is 1. The predicted molar refractivity (Wildman–Crippen MR) is 92.9 cm³/mol. The van der Waals surface area contributed by atoms with Gasteiger partial charge in [0.15, 0.2) is 11.5 Å². The normalized spacial score (nSPS) is 9.38. The number of nitrogens with one attached hydrogen (secondary N) is 2. The number of hydrogen-bond donors (Lipinski definition) is 2. The molecule has 5 heteroatoms. The summed E-state index contributed by atoms with van der Waals surface area (Å²) >= 11 is 0. The Morgan fingerprint density at radius 3 is 2.42 bits per heavy atom. The lowest BCUT2D eigenvalue weighted by atomic mass is 10.2. The minimum atomic E-state index is -0.251. The van der Waals surface area contributed by atoms with Crippen molar-refractivity contribution in [2.45, 2.75) is 6.54 Å². The molecule has 2 aromatic carbocycles. The van der Waals surface area contributed by atoms with Crippen molar-refractivity contribution in [3.05, 3.63) is 60.2 Å². The van der Waals surface area contributed by atoms with Crippen LogP contribution in [0.1, 0.15) is 5.56 Å². The Morgan fingerprint density at radius 2 is 1.67 bits per heavy atom. The van der Waals surface area contributed by atoms with Crippen molar-refractivity contribution in [2.24, 2.45) is 0 Å². The Balaban J connectivity index is 1.64. The van der Waals surface area contributed by atoms with E-state index < -0.39 is 0 Å². The van der Waals surface area contributed by atoms with Gasteiger partial charge in [-0.2, -0.15) is 0 Å². The van der Waals surface area contributed by atoms with Crippen molar-refractivity contribution in [3.63, 3.8) is 0 Å². The molecule has 124 valence electrons. The second-order valence-electron chi connectivity index (χ2n) is 4.81. The third kappa shape index (κ3) is 5.93. The fourth-order valence-corrected chi connectivity index (χ4v) is 1.93. The van der Waals surface area contributed by atoms with E-state index in [0.717, 1.165) is 5.56 Å². The second kappa shape index (κ2) is 9.80. The molecule has 2 aromatic rings. The molecule has 0 bridgehead atoms. The fourth-order valence-electron chi connectivity index (χ4n) is 1.93. The van der Waals surface area contributed by atoms with E-state index in [1.165, 1.54) is 0 Å². The predicted octanol–water partition coefficient (Wildman–Crippen LogP) is 2.58. The molecular weight excluding hydrogens is 304 g/mol. The molecule has 0 heterocycles. The van der Waals surface area contributed by atoms with Crippen LogP contribution in [0.3, 0.4) is 0 Å². The summed E-state index contributed by atoms with van der Waals surface area (Å²) in [6.45, 7) is 0.973. The minimum absolute atomic E-state index is 0.230. The van der Waals surface area contributed by atoms with Gasteiger partial charge in [-0.1, -0.05) is 54.3 Å². The van der Waals surface area contributed by atoms with E-state index >= 15 is 0 Å². The summed E-state index contributed by atoms with van der Waals surface area (Å²) in [5, 5.41) is 5.44. The Bertz CT molecular complexity index is 705. The van der Waals surface area contributed by atoms with Crippen molar-refractivity contribution in [3.8, 4) is 23.3 Å². The van der Waals surface area contributed by atoms with Crippen molar-refractivity contribution in [1.82, 2.24) is 10.6 Å². The van der Waals surface area contributed by atoms with Gasteiger partial charge in [0.1, 0.15) is 6.61 Å². The lowest BCUT2D eigenvalue weighted by molar-refractivity contribution is 0.241. The molecule has 0 radical (unpaired) electrons. The molecule has 0 saturated heterocycles. The van der Waals surface area contributed by atoms with Gasteiger partial charge in [0, 0.05) is 6.54 Å². The van der Waals surface area contributed by atoms with Crippen LogP contribution in [0.15, 0.2) is 54.6 Å². The molecule has 0 spiro atoms. The van der Waals surface area contributed by atoms with E-state index in [0.29, 0.717) is 18.0 Å². The average molecular weight is 324 g/mol. The summed E-state index contributed by atoms with van der Waals surface area (Å²) < 4.78 is 10.7. The van der Waals surface area contributed by atoms with Crippen LogP contribution in [-0.4, -0.2) is 26.3 Å². The second-order valence-corrected chi connectivity index (χ2v) is 4.81. The highest BCUT2D eigenvalue weighted by Crippen LogP contribution is 2.25. The quantitative estimate of drug-likeness (QED) is 0.803. The highest BCUT2D eigenvalue weighted by molar-refractivity contribution is 5.74. The van der Waals surface area contributed by atoms with E-state index in [-0.39, 0.29) is 19.2 Å². The molecule has 0 fully saturated rings. The number of ether oxygens (including phenoxy) is 2. The molecule has 2 amide bonds. The average Bonchev–Trinajstić information content (AvgIpc) is 2.64. The van der Waals surface area contributed by atoms with Crippen LogP contribution < -0.4 is 20.1 Å². The van der Waals surface area contributed by atoms with Crippen molar-refractivity contribution < 1.29 is 14.3 Å². The van der Waals surface area contributed by atoms with Crippen molar-refractivity contribution in [1.29, 1.82) is 0 Å². The first-order valence-electron chi connectivity index (χ1n) is 7.57. The monoisotopic (exact) mass is 324 g/mol. The molecule has 24 heavy (non-hydrogen) atoms. The number of hydrogen-bond acceptors (Lipinski definition) is 3. The molecule has 5 nitrogen and oxygen atoms in total. The first kappa shape index (κ1) is 17.2. The van der Waals surface area contributed by atoms with Gasteiger partial charge < -0.3 is 20.1 Å². The topological polar surface area (TPSA) is 59.6 Å². The number of urea groups is 1. The van der Waals surface area contributed by atoms with Gasteiger partial charge in [-0.25, -0.2) is 4.79 Å². The molecule has 0 aliphatic heterocycles. The van der Waals surface area contributed by atoms with E-state index in [1.54, 1.807) is 7.11 Å². The van der Waals surface area contributed by atoms with Gasteiger partial charge in [0.25, 0.3) is 0 Å². The van der Waals surface area contributed by atoms with Gasteiger partial charge in [0.05, 0.1) is 13.7 Å². The fraction of sp³-hybridized carbons (Fsp3) is 0.211. The zero-order valence-electron chi connectivity index (χ0n) is 13.5.